The van der Waals surface area contributed by atoms with Crippen molar-refractivity contribution in [1.82, 2.24) is 5.32 Å². The molecule has 108 valence electrons. The third-order valence-electron chi connectivity index (χ3n) is 3.74. The fourth-order valence-electron chi connectivity index (χ4n) is 2.70. The lowest BCUT2D eigenvalue weighted by atomic mass is 10.1. The smallest absolute Gasteiger partial charge is 0.231 e. The molecule has 2 aliphatic rings. The average molecular weight is 348 g/mol. The summed E-state index contributed by atoms with van der Waals surface area (Å²) in [5.41, 5.74) is 2.37. The minimum atomic E-state index is 0.227. The zero-order valence-corrected chi connectivity index (χ0v) is 12.9. The zero-order valence-electron chi connectivity index (χ0n) is 11.3. The fraction of sp³-hybridized carbons (Fsp3) is 0.250. The maximum absolute atomic E-state index is 5.68. The zero-order chi connectivity index (χ0) is 14.2. The lowest BCUT2D eigenvalue weighted by molar-refractivity contribution is 0.173. The van der Waals surface area contributed by atoms with Crippen LogP contribution in [0.3, 0.4) is 0 Å². The van der Waals surface area contributed by atoms with E-state index in [4.69, 9.17) is 14.2 Å². The summed E-state index contributed by atoms with van der Waals surface area (Å²) in [6, 6.07) is 12.5. The lowest BCUT2D eigenvalue weighted by Gasteiger charge is -2.12. The van der Waals surface area contributed by atoms with Crippen LogP contribution in [-0.2, 0) is 6.54 Å². The van der Waals surface area contributed by atoms with Crippen molar-refractivity contribution in [3.05, 3.63) is 52.0 Å². The summed E-state index contributed by atoms with van der Waals surface area (Å²) < 4.78 is 17.5. The van der Waals surface area contributed by atoms with Gasteiger partial charge in [0, 0.05) is 12.1 Å². The van der Waals surface area contributed by atoms with Gasteiger partial charge in [0.2, 0.25) is 6.79 Å². The van der Waals surface area contributed by atoms with E-state index in [0.717, 1.165) is 33.8 Å². The highest BCUT2D eigenvalue weighted by atomic mass is 79.9. The standard InChI is InChI=1S/C16H14BrNO3/c17-12-5-10(6-15-16(12)21-9-20-15)7-18-13-8-19-14-4-2-1-3-11(13)14/h1-6,13,18H,7-9H2. The van der Waals surface area contributed by atoms with Crippen LogP contribution in [-0.4, -0.2) is 13.4 Å². The Morgan fingerprint density at radius 1 is 1.10 bits per heavy atom. The number of rotatable bonds is 3. The second-order valence-electron chi connectivity index (χ2n) is 5.09. The molecule has 0 saturated carbocycles. The second-order valence-corrected chi connectivity index (χ2v) is 5.95. The molecule has 2 aromatic rings. The molecule has 2 aliphatic heterocycles. The minimum Gasteiger partial charge on any atom is -0.491 e. The Labute approximate surface area is 131 Å². The number of para-hydroxylation sites is 1. The minimum absolute atomic E-state index is 0.227. The Kier molecular flexibility index (Phi) is 3.24. The number of ether oxygens (including phenoxy) is 3. The van der Waals surface area contributed by atoms with Crippen molar-refractivity contribution >= 4 is 15.9 Å². The van der Waals surface area contributed by atoms with E-state index in [0.29, 0.717) is 6.61 Å². The molecular weight excluding hydrogens is 334 g/mol. The van der Waals surface area contributed by atoms with Crippen LogP contribution < -0.4 is 19.5 Å². The topological polar surface area (TPSA) is 39.7 Å². The third kappa shape index (κ3) is 2.36. The van der Waals surface area contributed by atoms with Gasteiger partial charge in [0.05, 0.1) is 10.5 Å². The molecule has 1 atom stereocenters. The van der Waals surface area contributed by atoms with E-state index in [1.165, 1.54) is 5.56 Å². The Bertz CT molecular complexity index is 689. The molecule has 5 heteroatoms. The van der Waals surface area contributed by atoms with Crippen LogP contribution in [0.5, 0.6) is 17.2 Å². The van der Waals surface area contributed by atoms with E-state index in [1.807, 2.05) is 24.3 Å². The molecule has 4 rings (SSSR count). The van der Waals surface area contributed by atoms with Gasteiger partial charge in [0.25, 0.3) is 0 Å². The van der Waals surface area contributed by atoms with E-state index >= 15 is 0 Å². The number of halogens is 1. The maximum atomic E-state index is 5.68. The van der Waals surface area contributed by atoms with Gasteiger partial charge in [-0.05, 0) is 39.7 Å². The van der Waals surface area contributed by atoms with E-state index in [2.05, 4.69) is 33.4 Å². The van der Waals surface area contributed by atoms with Crippen molar-refractivity contribution < 1.29 is 14.2 Å². The molecule has 0 amide bonds. The molecule has 0 spiro atoms. The molecule has 1 unspecified atom stereocenters. The number of fused-ring (bicyclic) bond motifs is 2. The van der Waals surface area contributed by atoms with Gasteiger partial charge < -0.3 is 19.5 Å². The quantitative estimate of drug-likeness (QED) is 0.923. The summed E-state index contributed by atoms with van der Waals surface area (Å²) in [5.74, 6) is 2.56. The molecule has 0 saturated heterocycles. The number of hydrogen-bond acceptors (Lipinski definition) is 4. The van der Waals surface area contributed by atoms with Crippen molar-refractivity contribution in [2.45, 2.75) is 12.6 Å². The van der Waals surface area contributed by atoms with Crippen LogP contribution >= 0.6 is 15.9 Å². The largest absolute Gasteiger partial charge is 0.491 e. The molecule has 21 heavy (non-hydrogen) atoms. The first-order chi connectivity index (χ1) is 10.3. The molecule has 0 aromatic heterocycles. The average Bonchev–Trinajstić information content (AvgIpc) is 3.12. The molecule has 2 aromatic carbocycles. The molecule has 4 nitrogen and oxygen atoms in total. The molecular formula is C16H14BrNO3. The van der Waals surface area contributed by atoms with Crippen molar-refractivity contribution in [2.24, 2.45) is 0 Å². The van der Waals surface area contributed by atoms with Crippen LogP contribution in [0.25, 0.3) is 0 Å². The molecule has 0 aliphatic carbocycles. The Balaban J connectivity index is 1.50. The summed E-state index contributed by atoms with van der Waals surface area (Å²) in [7, 11) is 0. The van der Waals surface area contributed by atoms with Crippen LogP contribution in [0.2, 0.25) is 0 Å². The van der Waals surface area contributed by atoms with Gasteiger partial charge in [-0.3, -0.25) is 0 Å². The van der Waals surface area contributed by atoms with Gasteiger partial charge >= 0.3 is 0 Å². The van der Waals surface area contributed by atoms with E-state index < -0.39 is 0 Å². The summed E-state index contributed by atoms with van der Waals surface area (Å²) in [4.78, 5) is 0. The first kappa shape index (κ1) is 13.0. The Hall–Kier alpha value is -1.72. The number of nitrogens with one attached hydrogen (secondary N) is 1. The van der Waals surface area contributed by atoms with Crippen LogP contribution in [0.15, 0.2) is 40.9 Å². The summed E-state index contributed by atoms with van der Waals surface area (Å²) in [5, 5.41) is 3.53. The maximum Gasteiger partial charge on any atom is 0.231 e. The predicted molar refractivity (Wildman–Crippen MR) is 81.8 cm³/mol. The first-order valence-electron chi connectivity index (χ1n) is 6.84. The highest BCUT2D eigenvalue weighted by Crippen LogP contribution is 2.40. The molecule has 0 radical (unpaired) electrons. The molecule has 2 heterocycles. The lowest BCUT2D eigenvalue weighted by Crippen LogP contribution is -2.21. The van der Waals surface area contributed by atoms with Gasteiger partial charge in [-0.25, -0.2) is 0 Å². The molecule has 0 fully saturated rings. The summed E-state index contributed by atoms with van der Waals surface area (Å²) in [6.07, 6.45) is 0. The van der Waals surface area contributed by atoms with Gasteiger partial charge in [0.15, 0.2) is 11.5 Å². The van der Waals surface area contributed by atoms with E-state index in [9.17, 15) is 0 Å². The summed E-state index contributed by atoms with van der Waals surface area (Å²) in [6.45, 7) is 1.71. The third-order valence-corrected chi connectivity index (χ3v) is 4.33. The predicted octanol–water partition coefficient (Wildman–Crippen LogP) is 3.40. The van der Waals surface area contributed by atoms with Crippen molar-refractivity contribution in [3.8, 4) is 17.2 Å². The van der Waals surface area contributed by atoms with Gasteiger partial charge in [-0.1, -0.05) is 18.2 Å². The summed E-state index contributed by atoms with van der Waals surface area (Å²) >= 11 is 3.52. The van der Waals surface area contributed by atoms with Crippen LogP contribution in [0.4, 0.5) is 0 Å². The Morgan fingerprint density at radius 3 is 2.95 bits per heavy atom. The highest BCUT2D eigenvalue weighted by molar-refractivity contribution is 9.10. The molecule has 1 N–H and O–H groups in total. The van der Waals surface area contributed by atoms with Gasteiger partial charge in [-0.15, -0.1) is 0 Å². The first-order valence-corrected chi connectivity index (χ1v) is 7.64. The van der Waals surface area contributed by atoms with Crippen molar-refractivity contribution in [3.63, 3.8) is 0 Å². The van der Waals surface area contributed by atoms with Gasteiger partial charge in [-0.2, -0.15) is 0 Å². The molecule has 0 bridgehead atoms. The van der Waals surface area contributed by atoms with Gasteiger partial charge in [0.1, 0.15) is 12.4 Å². The van der Waals surface area contributed by atoms with Crippen molar-refractivity contribution in [2.75, 3.05) is 13.4 Å². The van der Waals surface area contributed by atoms with Crippen LogP contribution in [0, 0.1) is 0 Å². The fourth-order valence-corrected chi connectivity index (χ4v) is 3.30. The normalized spacial score (nSPS) is 18.4. The van der Waals surface area contributed by atoms with E-state index in [-0.39, 0.29) is 12.8 Å². The van der Waals surface area contributed by atoms with Crippen molar-refractivity contribution in [1.29, 1.82) is 0 Å². The van der Waals surface area contributed by atoms with Crippen LogP contribution in [0.1, 0.15) is 17.2 Å². The highest BCUT2D eigenvalue weighted by Gasteiger charge is 2.23. The number of benzene rings is 2. The Morgan fingerprint density at radius 2 is 2.00 bits per heavy atom. The SMILES string of the molecule is Brc1cc(CNC2COc3ccccc32)cc2c1OCO2. The number of hydrogen-bond donors (Lipinski definition) is 1. The monoisotopic (exact) mass is 347 g/mol. The van der Waals surface area contributed by atoms with E-state index in [1.54, 1.807) is 0 Å². The second kappa shape index (κ2) is 5.24.